The largest absolute Gasteiger partial charge is 0.466 e. The Morgan fingerprint density at radius 1 is 0.973 bits per heavy atom. The minimum Gasteiger partial charge on any atom is -0.466 e. The fraction of sp³-hybridized carbons (Fsp3) is 0.375. The van der Waals surface area contributed by atoms with Crippen LogP contribution < -0.4 is 14.7 Å². The van der Waals surface area contributed by atoms with Gasteiger partial charge in [0.25, 0.3) is 0 Å². The first-order chi connectivity index (χ1) is 17.6. The van der Waals surface area contributed by atoms with Gasteiger partial charge in [0.1, 0.15) is 18.2 Å². The Bertz CT molecular complexity index is 1200. The lowest BCUT2D eigenvalue weighted by Crippen LogP contribution is -2.47. The molecule has 0 saturated carbocycles. The molecule has 1 aromatic carbocycles. The summed E-state index contributed by atoms with van der Waals surface area (Å²) in [4.78, 5) is 34.1. The Morgan fingerprint density at radius 2 is 1.57 bits per heavy atom. The second-order valence-electron chi connectivity index (χ2n) is 8.23. The molecule has 0 atom stereocenters. The standard InChI is InChI=1S/C24H24ClF3N4O5/c1-35-22(33)18-13-37-14-32(20(18)23(34)36-2)17-5-3-16(4-6-17)30-7-9-31(10-8-30)21-19(25)11-15(12-29-21)24(26,27)28/h3-6,11-12H,7-10,13-14H2,1-2H3. The topological polar surface area (TPSA) is 84.4 Å². The van der Waals surface area contributed by atoms with Crippen LogP contribution in [0.25, 0.3) is 0 Å². The summed E-state index contributed by atoms with van der Waals surface area (Å²) in [6, 6.07) is 8.22. The van der Waals surface area contributed by atoms with Crippen molar-refractivity contribution in [3.8, 4) is 0 Å². The van der Waals surface area contributed by atoms with E-state index in [-0.39, 0.29) is 29.6 Å². The van der Waals surface area contributed by atoms with Gasteiger partial charge in [-0.3, -0.25) is 0 Å². The zero-order valence-corrected chi connectivity index (χ0v) is 20.8. The predicted molar refractivity (Wildman–Crippen MR) is 129 cm³/mol. The second-order valence-corrected chi connectivity index (χ2v) is 8.64. The predicted octanol–water partition coefficient (Wildman–Crippen LogP) is 3.47. The van der Waals surface area contributed by atoms with Gasteiger partial charge in [0.15, 0.2) is 0 Å². The molecule has 0 unspecified atom stereocenters. The normalized spacial score (nSPS) is 16.6. The van der Waals surface area contributed by atoms with Crippen molar-refractivity contribution in [2.45, 2.75) is 6.18 Å². The van der Waals surface area contributed by atoms with Gasteiger partial charge in [-0.1, -0.05) is 11.6 Å². The summed E-state index contributed by atoms with van der Waals surface area (Å²) >= 11 is 6.10. The van der Waals surface area contributed by atoms with Crippen molar-refractivity contribution in [1.82, 2.24) is 4.98 Å². The van der Waals surface area contributed by atoms with E-state index >= 15 is 0 Å². The molecule has 2 aliphatic rings. The summed E-state index contributed by atoms with van der Waals surface area (Å²) in [5.74, 6) is -1.04. The smallest absolute Gasteiger partial charge is 0.417 e. The summed E-state index contributed by atoms with van der Waals surface area (Å²) in [7, 11) is 2.45. The summed E-state index contributed by atoms with van der Waals surface area (Å²) in [5, 5.41) is -0.0443. The van der Waals surface area contributed by atoms with Crippen molar-refractivity contribution >= 4 is 40.7 Å². The van der Waals surface area contributed by atoms with E-state index in [1.54, 1.807) is 17.0 Å². The summed E-state index contributed by atoms with van der Waals surface area (Å²) in [6.45, 7) is 2.17. The first-order valence-corrected chi connectivity index (χ1v) is 11.6. The minimum absolute atomic E-state index is 0.0443. The van der Waals surface area contributed by atoms with Gasteiger partial charge >= 0.3 is 18.1 Å². The average molecular weight is 541 g/mol. The molecule has 0 N–H and O–H groups in total. The first-order valence-electron chi connectivity index (χ1n) is 11.2. The van der Waals surface area contributed by atoms with E-state index in [2.05, 4.69) is 9.88 Å². The Morgan fingerprint density at radius 3 is 2.14 bits per heavy atom. The van der Waals surface area contributed by atoms with Crippen LogP contribution >= 0.6 is 11.6 Å². The fourth-order valence-corrected chi connectivity index (χ4v) is 4.47. The lowest BCUT2D eigenvalue weighted by atomic mass is 10.1. The molecule has 2 aromatic rings. The number of pyridine rings is 1. The van der Waals surface area contributed by atoms with Crippen LogP contribution in [0.1, 0.15) is 5.56 Å². The molecule has 0 aliphatic carbocycles. The minimum atomic E-state index is -4.51. The number of ether oxygens (including phenoxy) is 3. The number of halogens is 4. The number of carbonyl (C=O) groups excluding carboxylic acids is 2. The van der Waals surface area contributed by atoms with Crippen LogP contribution in [0.3, 0.4) is 0 Å². The Balaban J connectivity index is 1.47. The van der Waals surface area contributed by atoms with E-state index in [0.29, 0.717) is 37.7 Å². The number of nitrogens with zero attached hydrogens (tertiary/aromatic N) is 4. The molecular weight excluding hydrogens is 517 g/mol. The highest BCUT2D eigenvalue weighted by Crippen LogP contribution is 2.34. The molecule has 198 valence electrons. The third kappa shape index (κ3) is 5.59. The lowest BCUT2D eigenvalue weighted by molar-refractivity contribution is -0.140. The summed E-state index contributed by atoms with van der Waals surface area (Å²) < 4.78 is 53.9. The highest BCUT2D eigenvalue weighted by molar-refractivity contribution is 6.33. The molecule has 0 amide bonds. The number of methoxy groups -OCH3 is 2. The van der Waals surface area contributed by atoms with E-state index in [1.807, 2.05) is 17.0 Å². The molecular formula is C24H24ClF3N4O5. The van der Waals surface area contributed by atoms with Crippen LogP contribution in [0.5, 0.6) is 0 Å². The summed E-state index contributed by atoms with van der Waals surface area (Å²) in [6.07, 6.45) is -3.71. The maximum Gasteiger partial charge on any atom is 0.417 e. The zero-order chi connectivity index (χ0) is 26.7. The van der Waals surface area contributed by atoms with E-state index < -0.39 is 23.7 Å². The molecule has 1 fully saturated rings. The number of benzene rings is 1. The Kier molecular flexibility index (Phi) is 7.79. The van der Waals surface area contributed by atoms with Crippen LogP contribution in [0.4, 0.5) is 30.4 Å². The molecule has 4 rings (SSSR count). The molecule has 1 saturated heterocycles. The lowest BCUT2D eigenvalue weighted by Gasteiger charge is -2.37. The van der Waals surface area contributed by atoms with Crippen molar-refractivity contribution in [1.29, 1.82) is 0 Å². The number of esters is 2. The van der Waals surface area contributed by atoms with Crippen molar-refractivity contribution in [3.05, 3.63) is 58.4 Å². The van der Waals surface area contributed by atoms with Gasteiger partial charge in [0.2, 0.25) is 0 Å². The van der Waals surface area contributed by atoms with Crippen molar-refractivity contribution in [2.24, 2.45) is 0 Å². The van der Waals surface area contributed by atoms with Crippen molar-refractivity contribution < 1.29 is 37.0 Å². The van der Waals surface area contributed by atoms with Gasteiger partial charge < -0.3 is 28.9 Å². The van der Waals surface area contributed by atoms with Crippen LogP contribution in [0.2, 0.25) is 5.02 Å². The fourth-order valence-electron chi connectivity index (χ4n) is 4.19. The molecule has 13 heteroatoms. The number of anilines is 3. The number of hydrogen-bond acceptors (Lipinski definition) is 9. The van der Waals surface area contributed by atoms with Gasteiger partial charge in [-0.15, -0.1) is 0 Å². The quantitative estimate of drug-likeness (QED) is 0.529. The van der Waals surface area contributed by atoms with E-state index in [4.69, 9.17) is 25.8 Å². The number of carbonyl (C=O) groups is 2. The SMILES string of the molecule is COC(=O)C1=C(C(=O)OC)N(c2ccc(N3CCN(c4ncc(C(F)(F)F)cc4Cl)CC3)cc2)COC1. The molecule has 3 heterocycles. The molecule has 0 bridgehead atoms. The molecule has 0 radical (unpaired) electrons. The van der Waals surface area contributed by atoms with Gasteiger partial charge in [-0.05, 0) is 30.3 Å². The van der Waals surface area contributed by atoms with E-state index in [1.165, 1.54) is 14.2 Å². The maximum absolute atomic E-state index is 12.9. The number of rotatable bonds is 5. The third-order valence-electron chi connectivity index (χ3n) is 6.09. The van der Waals surface area contributed by atoms with Gasteiger partial charge in [-0.25, -0.2) is 14.6 Å². The first kappa shape index (κ1) is 26.6. The van der Waals surface area contributed by atoms with E-state index in [0.717, 1.165) is 18.0 Å². The Hall–Kier alpha value is -3.51. The van der Waals surface area contributed by atoms with Crippen LogP contribution in [-0.4, -0.2) is 70.7 Å². The van der Waals surface area contributed by atoms with Crippen LogP contribution in [0, 0.1) is 0 Å². The monoisotopic (exact) mass is 540 g/mol. The number of alkyl halides is 3. The van der Waals surface area contributed by atoms with Gasteiger partial charge in [0, 0.05) is 43.8 Å². The van der Waals surface area contributed by atoms with E-state index in [9.17, 15) is 22.8 Å². The van der Waals surface area contributed by atoms with Crippen molar-refractivity contribution in [3.63, 3.8) is 0 Å². The molecule has 9 nitrogen and oxygen atoms in total. The number of hydrogen-bond donors (Lipinski definition) is 0. The number of aromatic nitrogens is 1. The van der Waals surface area contributed by atoms with Gasteiger partial charge in [-0.2, -0.15) is 13.2 Å². The molecule has 1 aromatic heterocycles. The van der Waals surface area contributed by atoms with Gasteiger partial charge in [0.05, 0.1) is 37.0 Å². The van der Waals surface area contributed by atoms with Crippen LogP contribution in [-0.2, 0) is 30.0 Å². The maximum atomic E-state index is 12.9. The highest BCUT2D eigenvalue weighted by atomic mass is 35.5. The van der Waals surface area contributed by atoms with Crippen molar-refractivity contribution in [2.75, 3.05) is 68.4 Å². The van der Waals surface area contributed by atoms with Crippen LogP contribution in [0.15, 0.2) is 47.8 Å². The Labute approximate surface area is 215 Å². The number of piperazine rings is 1. The molecule has 2 aliphatic heterocycles. The summed E-state index contributed by atoms with van der Waals surface area (Å²) in [5.41, 5.74) is 0.761. The zero-order valence-electron chi connectivity index (χ0n) is 20.0. The molecule has 37 heavy (non-hydrogen) atoms. The highest BCUT2D eigenvalue weighted by Gasteiger charge is 2.33. The average Bonchev–Trinajstić information content (AvgIpc) is 2.91. The third-order valence-corrected chi connectivity index (χ3v) is 6.37. The molecule has 0 spiro atoms. The second kappa shape index (κ2) is 10.9.